The highest BCUT2D eigenvalue weighted by atomic mass is 16.5. The number of aliphatic hydroxyl groups is 2. The highest BCUT2D eigenvalue weighted by Crippen LogP contribution is 2.07. The van der Waals surface area contributed by atoms with Gasteiger partial charge in [0.25, 0.3) is 0 Å². The summed E-state index contributed by atoms with van der Waals surface area (Å²) in [5.41, 5.74) is 0.971. The minimum absolute atomic E-state index is 0.104. The normalized spacial score (nSPS) is 14.4. The second kappa shape index (κ2) is 7.63. The summed E-state index contributed by atoms with van der Waals surface area (Å²) in [6.45, 7) is 0. The van der Waals surface area contributed by atoms with Crippen molar-refractivity contribution in [2.75, 3.05) is 7.11 Å². The summed E-state index contributed by atoms with van der Waals surface area (Å²) in [5.74, 6) is -0.485. The van der Waals surface area contributed by atoms with Gasteiger partial charge in [0.05, 0.1) is 25.7 Å². The summed E-state index contributed by atoms with van der Waals surface area (Å²) >= 11 is 0. The van der Waals surface area contributed by atoms with E-state index in [1.165, 1.54) is 7.11 Å². The molecule has 1 aromatic carbocycles. The van der Waals surface area contributed by atoms with Crippen LogP contribution in [-0.4, -0.2) is 35.5 Å². The van der Waals surface area contributed by atoms with Gasteiger partial charge in [-0.25, -0.2) is 0 Å². The highest BCUT2D eigenvalue weighted by molar-refractivity contribution is 5.69. The molecule has 0 aliphatic heterocycles. The number of carbonyl (C=O) groups is 1. The van der Waals surface area contributed by atoms with E-state index in [4.69, 9.17) is 0 Å². The number of benzene rings is 1. The molecule has 2 atom stereocenters. The third kappa shape index (κ3) is 5.61. The summed E-state index contributed by atoms with van der Waals surface area (Å²) in [7, 11) is 1.26. The fourth-order valence-electron chi connectivity index (χ4n) is 1.50. The molecule has 0 saturated carbocycles. The number of ether oxygens (including phenoxy) is 1. The Hall–Kier alpha value is -1.65. The van der Waals surface area contributed by atoms with E-state index in [1.54, 1.807) is 12.2 Å². The van der Waals surface area contributed by atoms with Crippen molar-refractivity contribution in [3.63, 3.8) is 0 Å². The monoisotopic (exact) mass is 250 g/mol. The Morgan fingerprint density at radius 2 is 2.00 bits per heavy atom. The lowest BCUT2D eigenvalue weighted by Crippen LogP contribution is -2.20. The molecule has 0 radical (unpaired) electrons. The maximum Gasteiger partial charge on any atom is 0.308 e. The first-order valence-electron chi connectivity index (χ1n) is 5.78. The van der Waals surface area contributed by atoms with Crippen molar-refractivity contribution in [2.45, 2.75) is 25.0 Å². The van der Waals surface area contributed by atoms with Crippen LogP contribution in [0.2, 0.25) is 0 Å². The zero-order chi connectivity index (χ0) is 13.4. The van der Waals surface area contributed by atoms with Crippen LogP contribution in [0, 0.1) is 0 Å². The number of hydrogen-bond acceptors (Lipinski definition) is 4. The Labute approximate surface area is 107 Å². The molecule has 0 bridgehead atoms. The minimum atomic E-state index is -0.895. The summed E-state index contributed by atoms with van der Waals surface area (Å²) in [6, 6.07) is 9.53. The van der Waals surface area contributed by atoms with Crippen LogP contribution in [0.1, 0.15) is 18.4 Å². The van der Waals surface area contributed by atoms with Crippen LogP contribution in [0.5, 0.6) is 0 Å². The molecule has 0 fully saturated rings. The number of carbonyl (C=O) groups excluding carboxylic acids is 1. The topological polar surface area (TPSA) is 66.8 Å². The molecular formula is C14H18O4. The van der Waals surface area contributed by atoms with E-state index in [2.05, 4.69) is 4.74 Å². The molecular weight excluding hydrogens is 232 g/mol. The predicted octanol–water partition coefficient (Wildman–Crippen LogP) is 1.37. The van der Waals surface area contributed by atoms with E-state index in [9.17, 15) is 15.0 Å². The van der Waals surface area contributed by atoms with Crippen molar-refractivity contribution < 1.29 is 19.7 Å². The number of rotatable bonds is 6. The number of methoxy groups -OCH3 is 1. The standard InChI is InChI=1S/C14H18O4/c1-18-14(17)10-13(16)9-12(15)8-7-11-5-3-2-4-6-11/h2-8,12-13,15-16H,9-10H2,1H3/b8-7+/t12-,13?/m0/s1. The third-order valence-corrected chi connectivity index (χ3v) is 2.45. The van der Waals surface area contributed by atoms with E-state index in [0.29, 0.717) is 0 Å². The van der Waals surface area contributed by atoms with Gasteiger partial charge in [-0.1, -0.05) is 42.5 Å². The average Bonchev–Trinajstić information content (AvgIpc) is 2.37. The number of esters is 1. The summed E-state index contributed by atoms with van der Waals surface area (Å²) in [4.78, 5) is 10.9. The Morgan fingerprint density at radius 3 is 2.61 bits per heavy atom. The maximum absolute atomic E-state index is 10.9. The molecule has 0 heterocycles. The van der Waals surface area contributed by atoms with Gasteiger partial charge < -0.3 is 14.9 Å². The molecule has 98 valence electrons. The number of aliphatic hydroxyl groups excluding tert-OH is 2. The van der Waals surface area contributed by atoms with E-state index in [1.807, 2.05) is 30.3 Å². The largest absolute Gasteiger partial charge is 0.469 e. The SMILES string of the molecule is COC(=O)CC(O)C[C@@H](O)/C=C/c1ccccc1. The summed E-state index contributed by atoms with van der Waals surface area (Å²) in [6.07, 6.45) is 1.69. The average molecular weight is 250 g/mol. The van der Waals surface area contributed by atoms with Crippen LogP contribution in [0.15, 0.2) is 36.4 Å². The van der Waals surface area contributed by atoms with Crippen molar-refractivity contribution in [3.8, 4) is 0 Å². The van der Waals surface area contributed by atoms with Crippen LogP contribution in [-0.2, 0) is 9.53 Å². The second-order valence-electron chi connectivity index (χ2n) is 4.01. The van der Waals surface area contributed by atoms with Gasteiger partial charge in [-0.05, 0) is 5.56 Å². The predicted molar refractivity (Wildman–Crippen MR) is 68.7 cm³/mol. The van der Waals surface area contributed by atoms with E-state index in [0.717, 1.165) is 5.56 Å². The molecule has 0 aliphatic carbocycles. The maximum atomic E-state index is 10.9. The molecule has 18 heavy (non-hydrogen) atoms. The van der Waals surface area contributed by atoms with Crippen molar-refractivity contribution in [2.24, 2.45) is 0 Å². The molecule has 4 heteroatoms. The molecule has 0 aromatic heterocycles. The Balaban J connectivity index is 2.39. The van der Waals surface area contributed by atoms with Crippen molar-refractivity contribution in [1.82, 2.24) is 0 Å². The Morgan fingerprint density at radius 1 is 1.33 bits per heavy atom. The lowest BCUT2D eigenvalue weighted by atomic mass is 10.1. The Bertz CT molecular complexity index is 386. The van der Waals surface area contributed by atoms with Crippen LogP contribution >= 0.6 is 0 Å². The van der Waals surface area contributed by atoms with Gasteiger partial charge in [0.2, 0.25) is 0 Å². The second-order valence-corrected chi connectivity index (χ2v) is 4.01. The smallest absolute Gasteiger partial charge is 0.308 e. The first-order chi connectivity index (χ1) is 8.61. The lowest BCUT2D eigenvalue weighted by molar-refractivity contribution is -0.143. The van der Waals surface area contributed by atoms with Gasteiger partial charge >= 0.3 is 5.97 Å². The molecule has 1 aromatic rings. The zero-order valence-electron chi connectivity index (χ0n) is 10.3. The van der Waals surface area contributed by atoms with Crippen LogP contribution < -0.4 is 0 Å². The van der Waals surface area contributed by atoms with E-state index >= 15 is 0 Å². The molecule has 0 aliphatic rings. The first-order valence-corrected chi connectivity index (χ1v) is 5.78. The zero-order valence-corrected chi connectivity index (χ0v) is 10.3. The van der Waals surface area contributed by atoms with Gasteiger partial charge in [-0.3, -0.25) is 4.79 Å². The van der Waals surface area contributed by atoms with Crippen LogP contribution in [0.3, 0.4) is 0 Å². The molecule has 1 rings (SSSR count). The van der Waals surface area contributed by atoms with Crippen LogP contribution in [0.25, 0.3) is 6.08 Å². The van der Waals surface area contributed by atoms with Gasteiger partial charge in [0.1, 0.15) is 0 Å². The van der Waals surface area contributed by atoms with E-state index in [-0.39, 0.29) is 12.8 Å². The summed E-state index contributed by atoms with van der Waals surface area (Å²) in [5, 5.41) is 19.2. The van der Waals surface area contributed by atoms with Gasteiger partial charge in [-0.15, -0.1) is 0 Å². The third-order valence-electron chi connectivity index (χ3n) is 2.45. The van der Waals surface area contributed by atoms with E-state index < -0.39 is 18.2 Å². The highest BCUT2D eigenvalue weighted by Gasteiger charge is 2.14. The fourth-order valence-corrected chi connectivity index (χ4v) is 1.50. The molecule has 1 unspecified atom stereocenters. The summed E-state index contributed by atoms with van der Waals surface area (Å²) < 4.78 is 4.43. The van der Waals surface area contributed by atoms with Crippen molar-refractivity contribution in [3.05, 3.63) is 42.0 Å². The van der Waals surface area contributed by atoms with Crippen molar-refractivity contribution in [1.29, 1.82) is 0 Å². The van der Waals surface area contributed by atoms with Crippen molar-refractivity contribution >= 4 is 12.0 Å². The van der Waals surface area contributed by atoms with Gasteiger partial charge in [0, 0.05) is 6.42 Å². The molecule has 0 spiro atoms. The molecule has 2 N–H and O–H groups in total. The molecule has 0 amide bonds. The Kier molecular flexibility index (Phi) is 6.11. The lowest BCUT2D eigenvalue weighted by Gasteiger charge is -2.11. The molecule has 4 nitrogen and oxygen atoms in total. The number of hydrogen-bond donors (Lipinski definition) is 2. The van der Waals surface area contributed by atoms with Crippen LogP contribution in [0.4, 0.5) is 0 Å². The quantitative estimate of drug-likeness (QED) is 0.748. The minimum Gasteiger partial charge on any atom is -0.469 e. The fraction of sp³-hybridized carbons (Fsp3) is 0.357. The molecule has 0 saturated heterocycles. The first kappa shape index (κ1) is 14.4. The van der Waals surface area contributed by atoms with Gasteiger partial charge in [0.15, 0.2) is 0 Å². The van der Waals surface area contributed by atoms with Gasteiger partial charge in [-0.2, -0.15) is 0 Å².